The van der Waals surface area contributed by atoms with E-state index in [-0.39, 0.29) is 12.1 Å². The lowest BCUT2D eigenvalue weighted by Gasteiger charge is -2.26. The normalized spacial score (nSPS) is 43.3. The maximum Gasteiger partial charge on any atom is 0.0948 e. The van der Waals surface area contributed by atoms with Gasteiger partial charge in [0.25, 0.3) is 0 Å². The minimum absolute atomic E-state index is 0.146. The fourth-order valence-corrected chi connectivity index (χ4v) is 3.32. The van der Waals surface area contributed by atoms with Crippen LogP contribution in [0.3, 0.4) is 0 Å². The third-order valence-corrected chi connectivity index (χ3v) is 4.63. The second-order valence-electron chi connectivity index (χ2n) is 4.49. The zero-order valence-corrected chi connectivity index (χ0v) is 9.48. The minimum atomic E-state index is -0.315. The van der Waals surface area contributed by atoms with E-state index < -0.39 is 0 Å². The molecule has 0 aromatic heterocycles. The van der Waals surface area contributed by atoms with Gasteiger partial charge in [0.05, 0.1) is 25.4 Å². The molecular weight excluding hydrogens is 198 g/mol. The van der Waals surface area contributed by atoms with E-state index in [4.69, 9.17) is 4.74 Å². The summed E-state index contributed by atoms with van der Waals surface area (Å²) in [6.45, 7) is 4.44. The van der Waals surface area contributed by atoms with Crippen molar-refractivity contribution < 1.29 is 9.84 Å². The zero-order valence-electron chi connectivity index (χ0n) is 8.66. The van der Waals surface area contributed by atoms with Gasteiger partial charge >= 0.3 is 0 Å². The Kier molecular flexibility index (Phi) is 3.37. The third-order valence-electron chi connectivity index (χ3n) is 3.09. The summed E-state index contributed by atoms with van der Waals surface area (Å²) in [7, 11) is 0. The molecule has 0 aliphatic carbocycles. The predicted octanol–water partition coefficient (Wildman–Crippen LogP) is 0.621. The van der Waals surface area contributed by atoms with Crippen LogP contribution in [0.15, 0.2) is 0 Å². The highest BCUT2D eigenvalue weighted by molar-refractivity contribution is 8.00. The van der Waals surface area contributed by atoms with E-state index in [0.717, 1.165) is 6.54 Å². The lowest BCUT2D eigenvalue weighted by molar-refractivity contribution is 0.122. The molecule has 2 rings (SSSR count). The molecule has 0 saturated carbocycles. The maximum atomic E-state index is 9.55. The van der Waals surface area contributed by atoms with Crippen molar-refractivity contribution in [1.29, 1.82) is 0 Å². The molecule has 2 aliphatic heterocycles. The van der Waals surface area contributed by atoms with Crippen molar-refractivity contribution in [2.75, 3.05) is 25.5 Å². The highest BCUT2D eigenvalue weighted by atomic mass is 32.2. The molecule has 2 saturated heterocycles. The van der Waals surface area contributed by atoms with Crippen LogP contribution >= 0.6 is 11.8 Å². The largest absolute Gasteiger partial charge is 0.389 e. The van der Waals surface area contributed by atoms with Crippen LogP contribution in [-0.2, 0) is 4.74 Å². The van der Waals surface area contributed by atoms with Crippen molar-refractivity contribution in [3.05, 3.63) is 0 Å². The lowest BCUT2D eigenvalue weighted by Crippen LogP contribution is -2.44. The number of aliphatic hydroxyl groups excluding tert-OH is 1. The Hall–Kier alpha value is 0.230. The molecule has 3 nitrogen and oxygen atoms in total. The number of ether oxygens (including phenoxy) is 1. The fourth-order valence-electron chi connectivity index (χ4n) is 2.06. The van der Waals surface area contributed by atoms with Gasteiger partial charge in [-0.3, -0.25) is 0 Å². The minimum Gasteiger partial charge on any atom is -0.389 e. The van der Waals surface area contributed by atoms with Crippen LogP contribution in [0.5, 0.6) is 0 Å². The summed E-state index contributed by atoms with van der Waals surface area (Å²) in [5.74, 6) is 1.28. The average Bonchev–Trinajstić information content (AvgIpc) is 2.73. The first kappa shape index (κ1) is 10.7. The topological polar surface area (TPSA) is 41.5 Å². The van der Waals surface area contributed by atoms with Crippen LogP contribution in [0.1, 0.15) is 19.8 Å². The van der Waals surface area contributed by atoms with E-state index >= 15 is 0 Å². The van der Waals surface area contributed by atoms with Gasteiger partial charge in [-0.2, -0.15) is 11.8 Å². The van der Waals surface area contributed by atoms with E-state index in [1.807, 2.05) is 11.8 Å². The Balaban J connectivity index is 1.75. The fraction of sp³-hybridized carbons (Fsp3) is 1.00. The summed E-state index contributed by atoms with van der Waals surface area (Å²) >= 11 is 2.04. The molecule has 2 aliphatic rings. The molecule has 0 amide bonds. The number of thioether (sulfide) groups is 1. The van der Waals surface area contributed by atoms with Gasteiger partial charge in [0.15, 0.2) is 0 Å². The molecule has 3 atom stereocenters. The van der Waals surface area contributed by atoms with Gasteiger partial charge in [0, 0.05) is 11.3 Å². The van der Waals surface area contributed by atoms with Gasteiger partial charge in [0.2, 0.25) is 0 Å². The second-order valence-corrected chi connectivity index (χ2v) is 6.18. The summed E-state index contributed by atoms with van der Waals surface area (Å²) in [4.78, 5) is 0. The molecule has 0 aromatic rings. The maximum absolute atomic E-state index is 9.55. The number of aliphatic hydroxyl groups is 1. The molecule has 0 aromatic carbocycles. The van der Waals surface area contributed by atoms with E-state index in [2.05, 4.69) is 12.2 Å². The number of rotatable bonds is 3. The van der Waals surface area contributed by atoms with Crippen LogP contribution in [0.4, 0.5) is 0 Å². The number of hydrogen-bond donors (Lipinski definition) is 2. The quantitative estimate of drug-likeness (QED) is 0.727. The SMILES string of the molecule is CC1(CNC2COCC2O)CCCS1. The average molecular weight is 217 g/mol. The first-order chi connectivity index (χ1) is 6.70. The third kappa shape index (κ3) is 2.42. The van der Waals surface area contributed by atoms with Crippen molar-refractivity contribution in [3.8, 4) is 0 Å². The van der Waals surface area contributed by atoms with Gasteiger partial charge < -0.3 is 15.2 Å². The summed E-state index contributed by atoms with van der Waals surface area (Å²) in [5, 5.41) is 13.0. The molecule has 14 heavy (non-hydrogen) atoms. The number of hydrogen-bond acceptors (Lipinski definition) is 4. The van der Waals surface area contributed by atoms with Crippen molar-refractivity contribution in [2.24, 2.45) is 0 Å². The Morgan fingerprint density at radius 3 is 3.00 bits per heavy atom. The van der Waals surface area contributed by atoms with E-state index in [1.165, 1.54) is 18.6 Å². The molecule has 4 heteroatoms. The van der Waals surface area contributed by atoms with E-state index in [0.29, 0.717) is 18.0 Å². The molecule has 2 fully saturated rings. The van der Waals surface area contributed by atoms with Crippen LogP contribution in [-0.4, -0.2) is 47.5 Å². The van der Waals surface area contributed by atoms with Crippen LogP contribution in [0.25, 0.3) is 0 Å². The summed E-state index contributed by atoms with van der Waals surface area (Å²) in [5.41, 5.74) is 0. The van der Waals surface area contributed by atoms with Crippen LogP contribution < -0.4 is 5.32 Å². The van der Waals surface area contributed by atoms with E-state index in [9.17, 15) is 5.11 Å². The van der Waals surface area contributed by atoms with Crippen molar-refractivity contribution in [2.45, 2.75) is 36.7 Å². The van der Waals surface area contributed by atoms with E-state index in [1.54, 1.807) is 0 Å². The van der Waals surface area contributed by atoms with Crippen LogP contribution in [0, 0.1) is 0 Å². The Bertz CT molecular complexity index is 195. The van der Waals surface area contributed by atoms with Crippen LogP contribution in [0.2, 0.25) is 0 Å². The Labute approximate surface area is 89.6 Å². The van der Waals surface area contributed by atoms with Crippen molar-refractivity contribution in [3.63, 3.8) is 0 Å². The van der Waals surface area contributed by atoms with Gasteiger partial charge in [-0.25, -0.2) is 0 Å². The molecule has 2 heterocycles. The van der Waals surface area contributed by atoms with Gasteiger partial charge in [-0.1, -0.05) is 0 Å². The zero-order chi connectivity index (χ0) is 10.0. The van der Waals surface area contributed by atoms with Crippen molar-refractivity contribution >= 4 is 11.8 Å². The first-order valence-corrected chi connectivity index (χ1v) is 6.31. The van der Waals surface area contributed by atoms with Crippen molar-refractivity contribution in [1.82, 2.24) is 5.32 Å². The monoisotopic (exact) mass is 217 g/mol. The lowest BCUT2D eigenvalue weighted by atomic mass is 10.1. The highest BCUT2D eigenvalue weighted by Gasteiger charge is 2.32. The molecule has 0 spiro atoms. The molecule has 3 unspecified atom stereocenters. The smallest absolute Gasteiger partial charge is 0.0948 e. The molecule has 0 radical (unpaired) electrons. The van der Waals surface area contributed by atoms with Gasteiger partial charge in [-0.15, -0.1) is 0 Å². The Morgan fingerprint density at radius 1 is 1.57 bits per heavy atom. The predicted molar refractivity (Wildman–Crippen MR) is 58.7 cm³/mol. The number of nitrogens with one attached hydrogen (secondary N) is 1. The van der Waals surface area contributed by atoms with Gasteiger partial charge in [-0.05, 0) is 25.5 Å². The molecule has 2 N–H and O–H groups in total. The standard InChI is InChI=1S/C10H19NO2S/c1-10(3-2-4-14-10)7-11-8-5-13-6-9(8)12/h8-9,11-12H,2-7H2,1H3. The summed E-state index contributed by atoms with van der Waals surface area (Å²) < 4.78 is 5.58. The molecule has 0 bridgehead atoms. The van der Waals surface area contributed by atoms with Gasteiger partial charge in [0.1, 0.15) is 0 Å². The first-order valence-electron chi connectivity index (χ1n) is 5.33. The second kappa shape index (κ2) is 4.39. The highest BCUT2D eigenvalue weighted by Crippen LogP contribution is 2.37. The Morgan fingerprint density at radius 2 is 2.43 bits per heavy atom. The molecule has 82 valence electrons. The molecular formula is C10H19NO2S. The summed E-state index contributed by atoms with van der Waals surface area (Å²) in [6, 6.07) is 0.146. The summed E-state index contributed by atoms with van der Waals surface area (Å²) in [6.07, 6.45) is 2.30.